The molecular weight excluding hydrogens is 1000 g/mol. The molecule has 0 amide bonds. The Balaban J connectivity index is 4.93. The number of unbranched alkanes of at least 4 members (excludes halogenated alkanes) is 12. The van der Waals surface area contributed by atoms with Gasteiger partial charge in [-0.2, -0.15) is 0 Å². The van der Waals surface area contributed by atoms with E-state index in [2.05, 4.69) is 142 Å². The molecule has 0 aliphatic heterocycles. The van der Waals surface area contributed by atoms with Gasteiger partial charge >= 0.3 is 25.7 Å². The molecule has 3 atom stereocenters. The normalized spacial score (nSPS) is 14.4. The molecule has 3 unspecified atom stereocenters. The van der Waals surface area contributed by atoms with Gasteiger partial charge in [-0.05, 0) is 122 Å². The van der Waals surface area contributed by atoms with E-state index in [0.717, 1.165) is 109 Å². The SMILES string of the molecule is CC/C=C\C/C=C\C/C=C\C/C=C\C/C=C\C/C=C\CCC(=O)OCC(COP(=O)(O)OCC(CO)OC(=O)CCCCCCC/C=C\CCCCCCCC)OC(=O)CCC/C=C\C/C=C\C/C=C\C/C=C\C/C=C\CC. The smallest absolute Gasteiger partial charge is 0.462 e. The molecule has 0 radical (unpaired) electrons. The lowest BCUT2D eigenvalue weighted by Gasteiger charge is -2.21. The second-order valence-corrected chi connectivity index (χ2v) is 20.5. The highest BCUT2D eigenvalue weighted by Crippen LogP contribution is 2.43. The van der Waals surface area contributed by atoms with Gasteiger partial charge in [0.2, 0.25) is 0 Å². The highest BCUT2D eigenvalue weighted by molar-refractivity contribution is 7.47. The van der Waals surface area contributed by atoms with E-state index in [1.807, 2.05) is 24.3 Å². The maximum Gasteiger partial charge on any atom is 0.472 e. The van der Waals surface area contributed by atoms with Crippen LogP contribution in [0, 0.1) is 0 Å². The molecule has 0 aromatic carbocycles. The number of ether oxygens (including phenoxy) is 3. The minimum absolute atomic E-state index is 0.0648. The zero-order chi connectivity index (χ0) is 56.9. The van der Waals surface area contributed by atoms with Crippen LogP contribution in [0.4, 0.5) is 0 Å². The average molecular weight is 1110 g/mol. The number of hydrogen-bond acceptors (Lipinski definition) is 10. The summed E-state index contributed by atoms with van der Waals surface area (Å²) in [6.07, 6.45) is 75.4. The van der Waals surface area contributed by atoms with E-state index in [9.17, 15) is 28.9 Å². The van der Waals surface area contributed by atoms with Gasteiger partial charge in [0.05, 0.1) is 19.8 Å². The number of hydrogen-bond donors (Lipinski definition) is 2. The monoisotopic (exact) mass is 1100 g/mol. The van der Waals surface area contributed by atoms with Gasteiger partial charge in [-0.3, -0.25) is 23.4 Å². The summed E-state index contributed by atoms with van der Waals surface area (Å²) in [7, 11) is -4.79. The number of esters is 3. The predicted molar refractivity (Wildman–Crippen MR) is 325 cm³/mol. The number of aliphatic hydroxyl groups is 1. The maximum absolute atomic E-state index is 12.9. The van der Waals surface area contributed by atoms with Crippen LogP contribution >= 0.6 is 7.82 Å². The number of allylic oxidation sites excluding steroid dienone is 24. The maximum atomic E-state index is 12.9. The first-order valence-corrected chi connectivity index (χ1v) is 31.2. The van der Waals surface area contributed by atoms with Crippen LogP contribution in [0.15, 0.2) is 146 Å². The molecule has 0 bridgehead atoms. The van der Waals surface area contributed by atoms with E-state index < -0.39 is 64.4 Å². The summed E-state index contributed by atoms with van der Waals surface area (Å²) in [4.78, 5) is 48.6. The summed E-state index contributed by atoms with van der Waals surface area (Å²) in [5.74, 6) is -1.66. The van der Waals surface area contributed by atoms with Crippen LogP contribution in [-0.2, 0) is 42.2 Å². The Kier molecular flexibility index (Phi) is 55.0. The molecule has 0 rings (SSSR count). The third-order valence-corrected chi connectivity index (χ3v) is 12.7. The summed E-state index contributed by atoms with van der Waals surface area (Å²) in [6.45, 7) is 4.24. The number of phosphoric ester groups is 1. The van der Waals surface area contributed by atoms with Crippen LogP contribution < -0.4 is 0 Å². The van der Waals surface area contributed by atoms with Crippen LogP contribution in [-0.4, -0.2) is 66.5 Å². The molecule has 0 aliphatic carbocycles. The minimum atomic E-state index is -4.79. The topological polar surface area (TPSA) is 155 Å². The molecule has 0 aromatic rings. The van der Waals surface area contributed by atoms with Crippen molar-refractivity contribution in [3.8, 4) is 0 Å². The third kappa shape index (κ3) is 56.1. The summed E-state index contributed by atoms with van der Waals surface area (Å²) >= 11 is 0. The van der Waals surface area contributed by atoms with E-state index in [1.165, 1.54) is 38.5 Å². The molecule has 440 valence electrons. The van der Waals surface area contributed by atoms with Crippen molar-refractivity contribution in [2.45, 2.75) is 226 Å². The standard InChI is InChI=1S/C66H105O11P/c1-4-7-10-13-16-19-22-25-28-30-31-33-35-37-40-43-46-49-52-55-64(68)73-59-63(77-66(70)57-54-51-48-45-42-39-36-32-29-26-23-20-17-14-11-8-5-2)61-75-78(71,72)74-60-62(58-67)76-65(69)56-53-50-47-44-41-38-34-27-24-21-18-15-12-9-6-3/h7-8,10-11,16-17,19-20,25-29,31,33-34,36-37,39-40,45-46,48-49,62-63,67H,4-6,9,12-15,18,21-24,30,32,35,38,41-44,47,50-61H2,1-3H3,(H,71,72)/b10-7-,11-8-,19-16-,20-17-,28-25-,29-26-,33-31-,34-27-,39-36-,40-37-,48-45-,49-46-. The van der Waals surface area contributed by atoms with Gasteiger partial charge in [0.15, 0.2) is 6.10 Å². The number of carbonyl (C=O) groups excluding carboxylic acids is 3. The molecule has 0 spiro atoms. The second kappa shape index (κ2) is 58.5. The summed E-state index contributed by atoms with van der Waals surface area (Å²) in [5.41, 5.74) is 0. The van der Waals surface area contributed by atoms with Crippen molar-refractivity contribution in [1.29, 1.82) is 0 Å². The fourth-order valence-corrected chi connectivity index (χ4v) is 8.08. The Morgan fingerprint density at radius 2 is 0.705 bits per heavy atom. The number of rotatable bonds is 53. The van der Waals surface area contributed by atoms with Crippen molar-refractivity contribution in [1.82, 2.24) is 0 Å². The van der Waals surface area contributed by atoms with Crippen molar-refractivity contribution in [2.24, 2.45) is 0 Å². The van der Waals surface area contributed by atoms with Crippen LogP contribution in [0.25, 0.3) is 0 Å². The van der Waals surface area contributed by atoms with Crippen LogP contribution in [0.1, 0.15) is 213 Å². The molecule has 11 nitrogen and oxygen atoms in total. The molecule has 0 aromatic heterocycles. The van der Waals surface area contributed by atoms with Crippen LogP contribution in [0.3, 0.4) is 0 Å². The molecule has 2 N–H and O–H groups in total. The predicted octanol–water partition coefficient (Wildman–Crippen LogP) is 17.9. The van der Waals surface area contributed by atoms with Crippen molar-refractivity contribution in [3.63, 3.8) is 0 Å². The second-order valence-electron chi connectivity index (χ2n) is 19.0. The first-order chi connectivity index (χ1) is 38.2. The van der Waals surface area contributed by atoms with Crippen LogP contribution in [0.2, 0.25) is 0 Å². The van der Waals surface area contributed by atoms with Gasteiger partial charge in [-0.25, -0.2) is 4.57 Å². The van der Waals surface area contributed by atoms with Gasteiger partial charge in [0.25, 0.3) is 0 Å². The average Bonchev–Trinajstić information content (AvgIpc) is 3.43. The van der Waals surface area contributed by atoms with Crippen LogP contribution in [0.5, 0.6) is 0 Å². The first-order valence-electron chi connectivity index (χ1n) is 29.7. The molecule has 78 heavy (non-hydrogen) atoms. The lowest BCUT2D eigenvalue weighted by molar-refractivity contribution is -0.161. The summed E-state index contributed by atoms with van der Waals surface area (Å²) in [5, 5.41) is 9.82. The van der Waals surface area contributed by atoms with Gasteiger partial charge in [0.1, 0.15) is 12.7 Å². The number of carbonyl (C=O) groups is 3. The zero-order valence-electron chi connectivity index (χ0n) is 48.6. The fraction of sp³-hybridized carbons (Fsp3) is 0.591. The zero-order valence-corrected chi connectivity index (χ0v) is 49.5. The minimum Gasteiger partial charge on any atom is -0.462 e. The Morgan fingerprint density at radius 3 is 1.14 bits per heavy atom. The van der Waals surface area contributed by atoms with E-state index in [-0.39, 0.29) is 19.3 Å². The Labute approximate surface area is 473 Å². The third-order valence-electron chi connectivity index (χ3n) is 11.7. The van der Waals surface area contributed by atoms with E-state index in [4.69, 9.17) is 23.3 Å². The van der Waals surface area contributed by atoms with Gasteiger partial charge < -0.3 is 24.2 Å². The van der Waals surface area contributed by atoms with Gasteiger partial charge in [0, 0.05) is 19.3 Å². The molecule has 0 saturated carbocycles. The van der Waals surface area contributed by atoms with E-state index in [0.29, 0.717) is 25.7 Å². The number of phosphoric acid groups is 1. The molecule has 0 fully saturated rings. The Morgan fingerprint density at radius 1 is 0.372 bits per heavy atom. The van der Waals surface area contributed by atoms with Crippen molar-refractivity contribution < 1.29 is 52.2 Å². The quantitative estimate of drug-likeness (QED) is 0.0197. The van der Waals surface area contributed by atoms with Crippen molar-refractivity contribution in [2.75, 3.05) is 26.4 Å². The fourth-order valence-electron chi connectivity index (χ4n) is 7.29. The highest BCUT2D eigenvalue weighted by Gasteiger charge is 2.28. The van der Waals surface area contributed by atoms with Crippen molar-refractivity contribution in [3.05, 3.63) is 146 Å². The van der Waals surface area contributed by atoms with E-state index >= 15 is 0 Å². The van der Waals surface area contributed by atoms with Gasteiger partial charge in [-0.15, -0.1) is 0 Å². The highest BCUT2D eigenvalue weighted by atomic mass is 31.2. The summed E-state index contributed by atoms with van der Waals surface area (Å²) < 4.78 is 39.4. The first kappa shape index (κ1) is 73.4. The molecular formula is C66H105O11P. The van der Waals surface area contributed by atoms with Gasteiger partial charge in [-0.1, -0.05) is 218 Å². The molecule has 12 heteroatoms. The lowest BCUT2D eigenvalue weighted by atomic mass is 10.1. The largest absolute Gasteiger partial charge is 0.472 e. The Hall–Kier alpha value is -4.64. The summed E-state index contributed by atoms with van der Waals surface area (Å²) in [6, 6.07) is 0. The molecule has 0 aliphatic rings. The number of aliphatic hydroxyl groups excluding tert-OH is 1. The molecule has 0 saturated heterocycles. The van der Waals surface area contributed by atoms with E-state index in [1.54, 1.807) is 0 Å². The Bertz CT molecular complexity index is 1860. The van der Waals surface area contributed by atoms with Crippen molar-refractivity contribution >= 4 is 25.7 Å². The molecule has 0 heterocycles. The lowest BCUT2D eigenvalue weighted by Crippen LogP contribution is -2.30.